The van der Waals surface area contributed by atoms with E-state index in [0.717, 1.165) is 6.07 Å². The van der Waals surface area contributed by atoms with E-state index in [2.05, 4.69) is 5.32 Å². The number of primary amides is 1. The van der Waals surface area contributed by atoms with Gasteiger partial charge in [-0.25, -0.2) is 9.18 Å². The Labute approximate surface area is 222 Å². The number of phenolic OH excluding ortho intramolecular Hbond substituents is 1. The van der Waals surface area contributed by atoms with Gasteiger partial charge in [0.05, 0.1) is 18.1 Å². The topological polar surface area (TPSA) is 148 Å². The molecule has 1 heterocycles. The fraction of sp³-hybridized carbons (Fsp3) is 0.536. The smallest absolute Gasteiger partial charge is 0.405 e. The minimum Gasteiger partial charge on any atom is -0.505 e. The quantitative estimate of drug-likeness (QED) is 0.338. The maximum atomic E-state index is 14.7. The minimum atomic E-state index is -1.03. The average Bonchev–Trinajstić information content (AvgIpc) is 2.85. The number of nitrogens with two attached hydrogens (primary N) is 1. The number of ether oxygens (including phenoxy) is 2. The minimum absolute atomic E-state index is 0.166. The summed E-state index contributed by atoms with van der Waals surface area (Å²) in [6.45, 7) is 6.93. The number of rotatable bonds is 3. The van der Waals surface area contributed by atoms with Crippen molar-refractivity contribution in [1.82, 2.24) is 0 Å². The van der Waals surface area contributed by atoms with Gasteiger partial charge in [-0.2, -0.15) is 0 Å². The van der Waals surface area contributed by atoms with E-state index < -0.39 is 53.7 Å². The number of allylic oxidation sites excluding steroid dienone is 1. The van der Waals surface area contributed by atoms with Crippen LogP contribution >= 0.6 is 0 Å². The summed E-state index contributed by atoms with van der Waals surface area (Å²) >= 11 is 0. The van der Waals surface area contributed by atoms with Crippen LogP contribution in [0.5, 0.6) is 5.75 Å². The number of carbonyl (C=O) groups excluding carboxylic acids is 3. The normalized spacial score (nSPS) is 30.8. The number of phenols is 1. The van der Waals surface area contributed by atoms with Crippen LogP contribution < -0.4 is 11.1 Å². The molecule has 210 valence electrons. The van der Waals surface area contributed by atoms with Gasteiger partial charge in [-0.1, -0.05) is 26.0 Å². The highest BCUT2D eigenvalue weighted by Gasteiger charge is 2.30. The summed E-state index contributed by atoms with van der Waals surface area (Å²) in [5.41, 5.74) is 6.63. The predicted octanol–water partition coefficient (Wildman–Crippen LogP) is 4.02. The van der Waals surface area contributed by atoms with Gasteiger partial charge < -0.3 is 35.5 Å². The molecule has 1 aromatic rings. The van der Waals surface area contributed by atoms with Gasteiger partial charge in [-0.05, 0) is 62.7 Å². The van der Waals surface area contributed by atoms with Gasteiger partial charge in [0, 0.05) is 30.4 Å². The zero-order valence-electron chi connectivity index (χ0n) is 22.6. The average molecular weight is 535 g/mol. The molecule has 1 aliphatic rings. The maximum Gasteiger partial charge on any atom is 0.405 e. The number of hydrogen-bond acceptors (Lipinski definition) is 7. The van der Waals surface area contributed by atoms with E-state index in [-0.39, 0.29) is 30.0 Å². The molecule has 1 aromatic carbocycles. The number of halogens is 1. The second-order valence-corrected chi connectivity index (χ2v) is 10.1. The Morgan fingerprint density at radius 1 is 1.26 bits per heavy atom. The zero-order chi connectivity index (χ0) is 28.6. The second-order valence-electron chi connectivity index (χ2n) is 10.1. The van der Waals surface area contributed by atoms with Crippen LogP contribution in [0.15, 0.2) is 35.4 Å². The Hall–Kier alpha value is -3.24. The first-order valence-electron chi connectivity index (χ1n) is 12.7. The van der Waals surface area contributed by atoms with Gasteiger partial charge in [-0.15, -0.1) is 0 Å². The monoisotopic (exact) mass is 534 g/mol. The van der Waals surface area contributed by atoms with Gasteiger partial charge in [0.15, 0.2) is 11.6 Å². The summed E-state index contributed by atoms with van der Waals surface area (Å²) < 4.78 is 25.6. The van der Waals surface area contributed by atoms with E-state index in [0.29, 0.717) is 30.3 Å². The molecule has 10 heteroatoms. The number of aldehydes is 1. The van der Waals surface area contributed by atoms with E-state index in [1.54, 1.807) is 32.9 Å². The largest absolute Gasteiger partial charge is 0.505 e. The molecule has 0 unspecified atom stereocenters. The van der Waals surface area contributed by atoms with Crippen LogP contribution in [0.25, 0.3) is 0 Å². The Kier molecular flexibility index (Phi) is 11.5. The number of carbonyl (C=O) groups is 3. The van der Waals surface area contributed by atoms with E-state index >= 15 is 0 Å². The summed E-state index contributed by atoms with van der Waals surface area (Å²) in [5, 5.41) is 23.8. The van der Waals surface area contributed by atoms with Crippen molar-refractivity contribution in [2.24, 2.45) is 23.5 Å². The molecule has 0 aromatic heterocycles. The van der Waals surface area contributed by atoms with Crippen molar-refractivity contribution >= 4 is 24.0 Å². The lowest BCUT2D eigenvalue weighted by atomic mass is 9.87. The zero-order valence-corrected chi connectivity index (χ0v) is 22.6. The van der Waals surface area contributed by atoms with E-state index in [4.69, 9.17) is 15.2 Å². The number of fused-ring (bicyclic) bond motifs is 2. The Balaban J connectivity index is 2.51. The summed E-state index contributed by atoms with van der Waals surface area (Å²) in [6.07, 6.45) is 1.65. The van der Waals surface area contributed by atoms with Gasteiger partial charge in [0.1, 0.15) is 12.4 Å². The van der Waals surface area contributed by atoms with Crippen molar-refractivity contribution in [3.8, 4) is 5.75 Å². The van der Waals surface area contributed by atoms with E-state index in [1.165, 1.54) is 13.2 Å². The number of hydrogen-bond donors (Lipinski definition) is 4. The lowest BCUT2D eigenvalue weighted by Crippen LogP contribution is -2.36. The number of aliphatic hydroxyl groups is 1. The van der Waals surface area contributed by atoms with Crippen molar-refractivity contribution in [2.75, 3.05) is 12.4 Å². The van der Waals surface area contributed by atoms with Crippen LogP contribution in [-0.2, 0) is 25.5 Å². The molecule has 1 aliphatic heterocycles. The summed E-state index contributed by atoms with van der Waals surface area (Å²) in [7, 11) is 1.47. The Bertz CT molecular complexity index is 1070. The molecule has 0 saturated heterocycles. The first kappa shape index (κ1) is 31.0. The highest BCUT2D eigenvalue weighted by atomic mass is 19.1. The number of methoxy groups -OCH3 is 1. The third-order valence-corrected chi connectivity index (χ3v) is 6.90. The number of aliphatic hydroxyl groups excluding tert-OH is 1. The van der Waals surface area contributed by atoms with E-state index in [1.807, 2.05) is 6.92 Å². The first-order chi connectivity index (χ1) is 17.9. The molecule has 0 spiro atoms. The summed E-state index contributed by atoms with van der Waals surface area (Å²) in [4.78, 5) is 36.3. The lowest BCUT2D eigenvalue weighted by molar-refractivity contribution is -0.114. The lowest BCUT2D eigenvalue weighted by Gasteiger charge is -2.29. The van der Waals surface area contributed by atoms with Crippen molar-refractivity contribution in [3.63, 3.8) is 0 Å². The third-order valence-electron chi connectivity index (χ3n) is 6.90. The SMILES string of the molecule is CO[C@H]1C[C@H](C)Cc2cc(cc(O)c2F)NC(=O)/C(C)=C/CC[C@H](C=O)[C@@H](OC(N)=O)/C(C)=C/[C@H](C)[C@H]1O. The Morgan fingerprint density at radius 3 is 2.55 bits per heavy atom. The molecule has 2 amide bonds. The Morgan fingerprint density at radius 2 is 1.95 bits per heavy atom. The maximum absolute atomic E-state index is 14.7. The van der Waals surface area contributed by atoms with Crippen LogP contribution in [0, 0.1) is 23.6 Å². The fourth-order valence-electron chi connectivity index (χ4n) is 4.81. The van der Waals surface area contributed by atoms with Crippen LogP contribution in [0.2, 0.25) is 0 Å². The molecule has 38 heavy (non-hydrogen) atoms. The number of amides is 2. The molecule has 0 saturated carbocycles. The third kappa shape index (κ3) is 8.39. The van der Waals surface area contributed by atoms with Crippen molar-refractivity contribution in [2.45, 2.75) is 71.7 Å². The highest BCUT2D eigenvalue weighted by molar-refractivity contribution is 6.03. The molecule has 2 rings (SSSR count). The van der Waals surface area contributed by atoms with Crippen molar-refractivity contribution in [3.05, 3.63) is 46.8 Å². The predicted molar refractivity (Wildman–Crippen MR) is 141 cm³/mol. The molecule has 0 aliphatic carbocycles. The van der Waals surface area contributed by atoms with Crippen LogP contribution in [0.3, 0.4) is 0 Å². The molecule has 0 fully saturated rings. The molecule has 5 N–H and O–H groups in total. The van der Waals surface area contributed by atoms with E-state index in [9.17, 15) is 29.0 Å². The van der Waals surface area contributed by atoms with Crippen molar-refractivity contribution in [1.29, 1.82) is 0 Å². The molecule has 0 radical (unpaired) electrons. The summed E-state index contributed by atoms with van der Waals surface area (Å²) in [5.74, 6) is -3.16. The van der Waals surface area contributed by atoms with Gasteiger partial charge in [0.25, 0.3) is 5.91 Å². The van der Waals surface area contributed by atoms with Gasteiger partial charge in [0.2, 0.25) is 0 Å². The second kappa shape index (κ2) is 14.1. The van der Waals surface area contributed by atoms with Gasteiger partial charge in [-0.3, -0.25) is 4.79 Å². The molecule has 9 nitrogen and oxygen atoms in total. The van der Waals surface area contributed by atoms with Crippen LogP contribution in [0.4, 0.5) is 14.9 Å². The molecular weight excluding hydrogens is 495 g/mol. The first-order valence-corrected chi connectivity index (χ1v) is 12.7. The number of aromatic hydroxyl groups is 1. The van der Waals surface area contributed by atoms with Crippen molar-refractivity contribution < 1.29 is 38.5 Å². The molecular formula is C28H39FN2O7. The molecule has 6 atom stereocenters. The number of nitrogens with one attached hydrogen (secondary N) is 1. The fourth-order valence-corrected chi connectivity index (χ4v) is 4.81. The standard InChI is InChI=1S/C28H39FN2O7/c1-15-9-20-12-21(13-22(33)24(20)29)31-27(35)16(2)7-6-8-19(14-32)26(38-28(30)36)18(4)11-17(3)25(34)23(10-15)37-5/h7,11-15,17,19,23,25-26,33-34H,6,8-10H2,1-5H3,(H2,30,36)(H,31,35)/b16-7+,18-11+/t15-,17+,19-,23+,25-,26+/m1/s1. The summed E-state index contributed by atoms with van der Waals surface area (Å²) in [6, 6.07) is 2.62. The van der Waals surface area contributed by atoms with Crippen LogP contribution in [0.1, 0.15) is 52.5 Å². The molecule has 2 bridgehead atoms. The van der Waals surface area contributed by atoms with Crippen LogP contribution in [-0.4, -0.2) is 53.9 Å². The number of anilines is 1. The van der Waals surface area contributed by atoms with Gasteiger partial charge >= 0.3 is 6.09 Å². The number of benzene rings is 1. The highest BCUT2D eigenvalue weighted by Crippen LogP contribution is 2.30.